The van der Waals surface area contributed by atoms with Gasteiger partial charge >= 0.3 is 0 Å². The van der Waals surface area contributed by atoms with Gasteiger partial charge in [0.1, 0.15) is 0 Å². The number of nitrogens with one attached hydrogen (secondary N) is 1. The van der Waals surface area contributed by atoms with Gasteiger partial charge in [-0.05, 0) is 19.1 Å². The molecule has 0 fully saturated rings. The number of nitrogens with zero attached hydrogens (tertiary/aromatic N) is 4. The molecule has 0 spiro atoms. The molecule has 0 atom stereocenters. The van der Waals surface area contributed by atoms with Crippen LogP contribution in [0.5, 0.6) is 0 Å². The minimum atomic E-state index is 0.519. The summed E-state index contributed by atoms with van der Waals surface area (Å²) in [5.41, 5.74) is 3.08. The fraction of sp³-hybridized carbons (Fsp3) is 0.111. The fourth-order valence-electron chi connectivity index (χ4n) is 2.37. The minimum Gasteiger partial charge on any atom is -0.420 e. The molecule has 4 rings (SSSR count). The molecule has 25 heavy (non-hydrogen) atoms. The van der Waals surface area contributed by atoms with Crippen LogP contribution in [0, 0.1) is 6.92 Å². The lowest BCUT2D eigenvalue weighted by molar-refractivity contribution is 0.528. The first-order valence-electron chi connectivity index (χ1n) is 7.78. The van der Waals surface area contributed by atoms with Gasteiger partial charge in [0.15, 0.2) is 5.82 Å². The van der Waals surface area contributed by atoms with E-state index in [2.05, 4.69) is 25.4 Å². The third-order valence-corrected chi connectivity index (χ3v) is 4.40. The van der Waals surface area contributed by atoms with Gasteiger partial charge in [-0.15, -0.1) is 15.3 Å². The van der Waals surface area contributed by atoms with E-state index in [9.17, 15) is 0 Å². The summed E-state index contributed by atoms with van der Waals surface area (Å²) in [6, 6.07) is 17.9. The molecule has 124 valence electrons. The molecule has 0 unspecified atom stereocenters. The van der Waals surface area contributed by atoms with E-state index in [1.54, 1.807) is 0 Å². The Morgan fingerprint density at radius 3 is 2.68 bits per heavy atom. The summed E-state index contributed by atoms with van der Waals surface area (Å²) in [7, 11) is 0. The van der Waals surface area contributed by atoms with Crippen molar-refractivity contribution in [2.75, 3.05) is 0 Å². The number of benzene rings is 2. The Hall–Kier alpha value is -2.93. The lowest BCUT2D eigenvalue weighted by Gasteiger charge is -1.96. The van der Waals surface area contributed by atoms with E-state index >= 15 is 0 Å². The molecule has 0 saturated carbocycles. The Kier molecular flexibility index (Phi) is 4.30. The molecule has 0 aliphatic carbocycles. The zero-order valence-corrected chi connectivity index (χ0v) is 14.3. The largest absolute Gasteiger partial charge is 0.420 e. The maximum absolute atomic E-state index is 5.73. The van der Waals surface area contributed by atoms with E-state index < -0.39 is 0 Å². The molecular formula is C18H15N5OS. The van der Waals surface area contributed by atoms with Crippen LogP contribution in [0.2, 0.25) is 0 Å². The summed E-state index contributed by atoms with van der Waals surface area (Å²) in [5.74, 6) is 2.34. The molecule has 2 heterocycles. The second kappa shape index (κ2) is 6.90. The van der Waals surface area contributed by atoms with Crippen LogP contribution < -0.4 is 0 Å². The zero-order chi connectivity index (χ0) is 17.1. The molecule has 0 aliphatic rings. The predicted octanol–water partition coefficient (Wildman–Crippen LogP) is 4.12. The van der Waals surface area contributed by atoms with E-state index in [0.29, 0.717) is 22.7 Å². The second-order valence-electron chi connectivity index (χ2n) is 5.49. The van der Waals surface area contributed by atoms with Crippen LogP contribution in [0.15, 0.2) is 64.2 Å². The molecule has 0 amide bonds. The monoisotopic (exact) mass is 349 g/mol. The van der Waals surface area contributed by atoms with Crippen LogP contribution in [0.3, 0.4) is 0 Å². The van der Waals surface area contributed by atoms with Gasteiger partial charge in [0, 0.05) is 11.1 Å². The molecule has 6 nitrogen and oxygen atoms in total. The summed E-state index contributed by atoms with van der Waals surface area (Å²) in [5, 5.41) is 16.0. The normalized spacial score (nSPS) is 10.9. The predicted molar refractivity (Wildman–Crippen MR) is 95.9 cm³/mol. The molecule has 0 aliphatic heterocycles. The number of hydrogen-bond donors (Lipinski definition) is 1. The summed E-state index contributed by atoms with van der Waals surface area (Å²) < 4.78 is 5.73. The topological polar surface area (TPSA) is 80.5 Å². The highest BCUT2D eigenvalue weighted by molar-refractivity contribution is 7.98. The van der Waals surface area contributed by atoms with E-state index in [-0.39, 0.29) is 0 Å². The van der Waals surface area contributed by atoms with Gasteiger partial charge in [-0.2, -0.15) is 0 Å². The number of aryl methyl sites for hydroxylation is 1. The SMILES string of the molecule is Cc1cccc(-c2nnc(CSc3n[nH]c(-c4ccccc4)n3)o2)c1. The lowest BCUT2D eigenvalue weighted by Crippen LogP contribution is -1.82. The van der Waals surface area contributed by atoms with Crippen molar-refractivity contribution in [3.05, 3.63) is 66.1 Å². The van der Waals surface area contributed by atoms with E-state index in [0.717, 1.165) is 22.5 Å². The summed E-state index contributed by atoms with van der Waals surface area (Å²) in [6.45, 7) is 2.03. The first-order valence-corrected chi connectivity index (χ1v) is 8.76. The average Bonchev–Trinajstić information content (AvgIpc) is 3.30. The third-order valence-electron chi connectivity index (χ3n) is 3.57. The maximum Gasteiger partial charge on any atom is 0.247 e. The quantitative estimate of drug-likeness (QED) is 0.546. The molecule has 1 N–H and O–H groups in total. The Balaban J connectivity index is 1.43. The van der Waals surface area contributed by atoms with Gasteiger partial charge < -0.3 is 4.42 Å². The van der Waals surface area contributed by atoms with Gasteiger partial charge in [0.05, 0.1) is 5.75 Å². The molecule has 4 aromatic rings. The summed E-state index contributed by atoms with van der Waals surface area (Å²) >= 11 is 1.45. The minimum absolute atomic E-state index is 0.519. The Morgan fingerprint density at radius 2 is 1.84 bits per heavy atom. The average molecular weight is 349 g/mol. The highest BCUT2D eigenvalue weighted by Gasteiger charge is 2.11. The molecular weight excluding hydrogens is 334 g/mol. The number of H-pyrrole nitrogens is 1. The van der Waals surface area contributed by atoms with Crippen LogP contribution in [-0.2, 0) is 5.75 Å². The van der Waals surface area contributed by atoms with Crippen molar-refractivity contribution in [3.8, 4) is 22.8 Å². The Morgan fingerprint density at radius 1 is 1.00 bits per heavy atom. The van der Waals surface area contributed by atoms with E-state index in [1.807, 2.05) is 61.5 Å². The zero-order valence-electron chi connectivity index (χ0n) is 13.5. The van der Waals surface area contributed by atoms with Crippen LogP contribution in [0.4, 0.5) is 0 Å². The number of aromatic amines is 1. The van der Waals surface area contributed by atoms with Crippen LogP contribution in [-0.4, -0.2) is 25.4 Å². The molecule has 0 bridgehead atoms. The van der Waals surface area contributed by atoms with Crippen molar-refractivity contribution in [1.29, 1.82) is 0 Å². The van der Waals surface area contributed by atoms with Crippen molar-refractivity contribution in [1.82, 2.24) is 25.4 Å². The van der Waals surface area contributed by atoms with E-state index in [4.69, 9.17) is 4.42 Å². The molecule has 0 radical (unpaired) electrons. The van der Waals surface area contributed by atoms with Gasteiger partial charge in [-0.3, -0.25) is 5.10 Å². The van der Waals surface area contributed by atoms with Crippen molar-refractivity contribution in [3.63, 3.8) is 0 Å². The molecule has 0 saturated heterocycles. The summed E-state index contributed by atoms with van der Waals surface area (Å²) in [4.78, 5) is 4.48. The van der Waals surface area contributed by atoms with Crippen molar-refractivity contribution < 1.29 is 4.42 Å². The maximum atomic E-state index is 5.73. The highest BCUT2D eigenvalue weighted by atomic mass is 32.2. The first-order chi connectivity index (χ1) is 12.3. The number of rotatable bonds is 5. The Bertz CT molecular complexity index is 980. The molecule has 2 aromatic heterocycles. The number of hydrogen-bond acceptors (Lipinski definition) is 6. The van der Waals surface area contributed by atoms with Crippen molar-refractivity contribution in [2.24, 2.45) is 0 Å². The first kappa shape index (κ1) is 15.6. The number of thioether (sulfide) groups is 1. The fourth-order valence-corrected chi connectivity index (χ4v) is 3.00. The molecule has 7 heteroatoms. The highest BCUT2D eigenvalue weighted by Crippen LogP contribution is 2.24. The van der Waals surface area contributed by atoms with Crippen molar-refractivity contribution in [2.45, 2.75) is 17.8 Å². The van der Waals surface area contributed by atoms with Crippen LogP contribution in [0.25, 0.3) is 22.8 Å². The Labute approximate surface area is 148 Å². The van der Waals surface area contributed by atoms with Gasteiger partial charge in [-0.25, -0.2) is 4.98 Å². The standard InChI is InChI=1S/C18H15N5OS/c1-12-6-5-9-14(10-12)17-22-20-15(24-17)11-25-18-19-16(21-23-18)13-7-3-2-4-8-13/h2-10H,11H2,1H3,(H,19,21,23). The number of aromatic nitrogens is 5. The van der Waals surface area contributed by atoms with Crippen LogP contribution in [0.1, 0.15) is 11.5 Å². The van der Waals surface area contributed by atoms with Crippen LogP contribution >= 0.6 is 11.8 Å². The smallest absolute Gasteiger partial charge is 0.247 e. The molecule has 2 aromatic carbocycles. The van der Waals surface area contributed by atoms with Gasteiger partial charge in [0.25, 0.3) is 0 Å². The third kappa shape index (κ3) is 3.61. The summed E-state index contributed by atoms with van der Waals surface area (Å²) in [6.07, 6.45) is 0. The van der Waals surface area contributed by atoms with Crippen molar-refractivity contribution >= 4 is 11.8 Å². The lowest BCUT2D eigenvalue weighted by atomic mass is 10.1. The second-order valence-corrected chi connectivity index (χ2v) is 6.43. The van der Waals surface area contributed by atoms with E-state index in [1.165, 1.54) is 11.8 Å². The van der Waals surface area contributed by atoms with Gasteiger partial charge in [-0.1, -0.05) is 59.8 Å². The van der Waals surface area contributed by atoms with Gasteiger partial charge in [0.2, 0.25) is 16.9 Å².